The van der Waals surface area contributed by atoms with Crippen molar-refractivity contribution in [1.82, 2.24) is 10.3 Å². The minimum atomic E-state index is 0.0986. The second kappa shape index (κ2) is 6.26. The molecule has 3 N–H and O–H groups in total. The Morgan fingerprint density at radius 1 is 1.21 bits per heavy atom. The van der Waals surface area contributed by atoms with Gasteiger partial charge in [-0.1, -0.05) is 41.4 Å². The summed E-state index contributed by atoms with van der Waals surface area (Å²) in [7, 11) is 0. The first-order valence-corrected chi connectivity index (χ1v) is 9.32. The molecule has 4 rings (SSSR count). The van der Waals surface area contributed by atoms with Crippen LogP contribution in [0.3, 0.4) is 0 Å². The number of hydrogen-bond acceptors (Lipinski definition) is 2. The molecule has 0 radical (unpaired) electrons. The van der Waals surface area contributed by atoms with E-state index in [-0.39, 0.29) is 6.04 Å². The summed E-state index contributed by atoms with van der Waals surface area (Å²) < 4.78 is 1.11. The van der Waals surface area contributed by atoms with Gasteiger partial charge in [-0.05, 0) is 53.8 Å². The van der Waals surface area contributed by atoms with E-state index in [1.807, 2.05) is 6.07 Å². The van der Waals surface area contributed by atoms with Gasteiger partial charge in [0.05, 0.1) is 6.04 Å². The van der Waals surface area contributed by atoms with Gasteiger partial charge in [0, 0.05) is 27.6 Å². The molecule has 0 saturated heterocycles. The lowest BCUT2D eigenvalue weighted by atomic mass is 9.93. The fourth-order valence-corrected chi connectivity index (χ4v) is 4.09. The SMILES string of the molecule is CCCc1ccc(C2NCCc3c2[nH]c2ccc(Br)cc32)cc1O. The highest BCUT2D eigenvalue weighted by Crippen LogP contribution is 2.36. The van der Waals surface area contributed by atoms with Crippen molar-refractivity contribution in [3.63, 3.8) is 0 Å². The van der Waals surface area contributed by atoms with Crippen molar-refractivity contribution in [2.24, 2.45) is 0 Å². The van der Waals surface area contributed by atoms with Crippen molar-refractivity contribution < 1.29 is 5.11 Å². The molecule has 2 aromatic carbocycles. The molecule has 124 valence electrons. The molecule has 3 nitrogen and oxygen atoms in total. The zero-order chi connectivity index (χ0) is 16.7. The van der Waals surface area contributed by atoms with Gasteiger partial charge in [-0.3, -0.25) is 0 Å². The van der Waals surface area contributed by atoms with Crippen LogP contribution in [0.1, 0.15) is 41.8 Å². The molecule has 2 heterocycles. The molecule has 0 spiro atoms. The Bertz CT molecular complexity index is 900. The molecule has 0 amide bonds. The molecule has 0 saturated carbocycles. The van der Waals surface area contributed by atoms with Crippen LogP contribution in [0.25, 0.3) is 10.9 Å². The molecular weight excluding hydrogens is 364 g/mol. The number of hydrogen-bond donors (Lipinski definition) is 3. The number of phenols is 1. The molecule has 1 unspecified atom stereocenters. The number of nitrogens with one attached hydrogen (secondary N) is 2. The largest absolute Gasteiger partial charge is 0.508 e. The van der Waals surface area contributed by atoms with Crippen LogP contribution in [0.2, 0.25) is 0 Å². The normalized spacial score (nSPS) is 17.2. The Morgan fingerprint density at radius 3 is 2.88 bits per heavy atom. The molecule has 4 heteroatoms. The second-order valence-electron chi connectivity index (χ2n) is 6.48. The van der Waals surface area contributed by atoms with Gasteiger partial charge in [-0.25, -0.2) is 0 Å². The quantitative estimate of drug-likeness (QED) is 0.605. The van der Waals surface area contributed by atoms with Crippen LogP contribution < -0.4 is 5.32 Å². The molecule has 1 aliphatic rings. The predicted octanol–water partition coefficient (Wildman–Crippen LogP) is 4.82. The summed E-state index contributed by atoms with van der Waals surface area (Å²) in [6, 6.07) is 12.6. The number of aromatic hydroxyl groups is 1. The Kier molecular flexibility index (Phi) is 4.10. The van der Waals surface area contributed by atoms with Crippen molar-refractivity contribution >= 4 is 26.8 Å². The highest BCUT2D eigenvalue weighted by molar-refractivity contribution is 9.10. The lowest BCUT2D eigenvalue weighted by Crippen LogP contribution is -2.30. The molecule has 1 atom stereocenters. The number of H-pyrrole nitrogens is 1. The molecule has 3 aromatic rings. The van der Waals surface area contributed by atoms with Crippen LogP contribution in [0, 0.1) is 0 Å². The predicted molar refractivity (Wildman–Crippen MR) is 102 cm³/mol. The van der Waals surface area contributed by atoms with Crippen LogP contribution in [-0.4, -0.2) is 16.6 Å². The van der Waals surface area contributed by atoms with Crippen molar-refractivity contribution in [3.05, 3.63) is 63.3 Å². The molecule has 1 aromatic heterocycles. The maximum atomic E-state index is 10.3. The maximum Gasteiger partial charge on any atom is 0.119 e. The van der Waals surface area contributed by atoms with E-state index in [9.17, 15) is 5.11 Å². The molecular formula is C20H21BrN2O. The van der Waals surface area contributed by atoms with Crippen molar-refractivity contribution in [3.8, 4) is 5.75 Å². The summed E-state index contributed by atoms with van der Waals surface area (Å²) in [6.45, 7) is 3.07. The van der Waals surface area contributed by atoms with Gasteiger partial charge in [-0.15, -0.1) is 0 Å². The first-order chi connectivity index (χ1) is 11.7. The third kappa shape index (κ3) is 2.64. The molecule has 24 heavy (non-hydrogen) atoms. The highest BCUT2D eigenvalue weighted by atomic mass is 79.9. The van der Waals surface area contributed by atoms with E-state index in [1.165, 1.54) is 22.2 Å². The van der Waals surface area contributed by atoms with Gasteiger partial charge in [0.15, 0.2) is 0 Å². The summed E-state index contributed by atoms with van der Waals surface area (Å²) in [5, 5.41) is 15.2. The number of halogens is 1. The van der Waals surface area contributed by atoms with E-state index in [2.05, 4.69) is 63.5 Å². The number of rotatable bonds is 3. The van der Waals surface area contributed by atoms with E-state index in [0.717, 1.165) is 41.4 Å². The number of fused-ring (bicyclic) bond motifs is 3. The summed E-state index contributed by atoms with van der Waals surface area (Å²) in [5.74, 6) is 0.405. The van der Waals surface area contributed by atoms with Crippen molar-refractivity contribution in [2.75, 3.05) is 6.54 Å². The average Bonchev–Trinajstić information content (AvgIpc) is 2.95. The highest BCUT2D eigenvalue weighted by Gasteiger charge is 2.25. The first-order valence-electron chi connectivity index (χ1n) is 8.52. The number of aromatic amines is 1. The third-order valence-corrected chi connectivity index (χ3v) is 5.37. The second-order valence-corrected chi connectivity index (χ2v) is 7.40. The van der Waals surface area contributed by atoms with Gasteiger partial charge in [0.25, 0.3) is 0 Å². The molecule has 1 aliphatic heterocycles. The van der Waals surface area contributed by atoms with Gasteiger partial charge in [0.2, 0.25) is 0 Å². The average molecular weight is 385 g/mol. The topological polar surface area (TPSA) is 48.0 Å². The van der Waals surface area contributed by atoms with Gasteiger partial charge in [0.1, 0.15) is 5.75 Å². The maximum absolute atomic E-state index is 10.3. The zero-order valence-corrected chi connectivity index (χ0v) is 15.3. The molecule has 0 fully saturated rings. The molecule has 0 aliphatic carbocycles. The lowest BCUT2D eigenvalue weighted by molar-refractivity contribution is 0.464. The van der Waals surface area contributed by atoms with E-state index in [1.54, 1.807) is 0 Å². The number of aromatic nitrogens is 1. The van der Waals surface area contributed by atoms with Gasteiger partial charge in [-0.2, -0.15) is 0 Å². The fourth-order valence-electron chi connectivity index (χ4n) is 3.73. The Balaban J connectivity index is 1.79. The number of aryl methyl sites for hydroxylation is 1. The Hall–Kier alpha value is -1.78. The van der Waals surface area contributed by atoms with Crippen LogP contribution in [0.5, 0.6) is 5.75 Å². The van der Waals surface area contributed by atoms with Gasteiger partial charge >= 0.3 is 0 Å². The Labute approximate surface area is 150 Å². The van der Waals surface area contributed by atoms with Crippen molar-refractivity contribution in [1.29, 1.82) is 0 Å². The van der Waals surface area contributed by atoms with E-state index < -0.39 is 0 Å². The number of benzene rings is 2. The Morgan fingerprint density at radius 2 is 2.08 bits per heavy atom. The van der Waals surface area contributed by atoms with E-state index in [4.69, 9.17) is 0 Å². The lowest BCUT2D eigenvalue weighted by Gasteiger charge is -2.25. The first kappa shape index (κ1) is 15.7. The summed E-state index contributed by atoms with van der Waals surface area (Å²) in [4.78, 5) is 3.59. The van der Waals surface area contributed by atoms with E-state index in [0.29, 0.717) is 5.75 Å². The third-order valence-electron chi connectivity index (χ3n) is 4.88. The monoisotopic (exact) mass is 384 g/mol. The van der Waals surface area contributed by atoms with Crippen LogP contribution in [0.4, 0.5) is 0 Å². The summed E-state index contributed by atoms with van der Waals surface area (Å²) >= 11 is 3.57. The smallest absolute Gasteiger partial charge is 0.119 e. The summed E-state index contributed by atoms with van der Waals surface area (Å²) in [6.07, 6.45) is 2.97. The minimum Gasteiger partial charge on any atom is -0.508 e. The standard InChI is InChI=1S/C20H21BrN2O/c1-2-3-12-4-5-13(10-18(12)24)19-20-15(8-9-22-19)16-11-14(21)6-7-17(16)23-20/h4-7,10-11,19,22-24H,2-3,8-9H2,1H3. The minimum absolute atomic E-state index is 0.0986. The van der Waals surface area contributed by atoms with E-state index >= 15 is 0 Å². The zero-order valence-electron chi connectivity index (χ0n) is 13.7. The van der Waals surface area contributed by atoms with Crippen LogP contribution in [-0.2, 0) is 12.8 Å². The van der Waals surface area contributed by atoms with Gasteiger partial charge < -0.3 is 15.4 Å². The van der Waals surface area contributed by atoms with Crippen molar-refractivity contribution in [2.45, 2.75) is 32.2 Å². The number of phenolic OH excluding ortho intramolecular Hbond substituents is 1. The van der Waals surface area contributed by atoms with Crippen LogP contribution in [0.15, 0.2) is 40.9 Å². The van der Waals surface area contributed by atoms with Crippen LogP contribution >= 0.6 is 15.9 Å². The fraction of sp³-hybridized carbons (Fsp3) is 0.300. The molecule has 0 bridgehead atoms. The summed E-state index contributed by atoms with van der Waals surface area (Å²) in [5.41, 5.74) is 5.91.